The molecule has 8 N–H and O–H groups in total. The molecule has 0 aliphatic carbocycles. The van der Waals surface area contributed by atoms with Crippen molar-refractivity contribution in [1.29, 1.82) is 0 Å². The van der Waals surface area contributed by atoms with Crippen molar-refractivity contribution < 1.29 is 44.1 Å². The van der Waals surface area contributed by atoms with E-state index in [1.165, 1.54) is 0 Å². The van der Waals surface area contributed by atoms with Crippen molar-refractivity contribution in [3.05, 3.63) is 0 Å². The van der Waals surface area contributed by atoms with Gasteiger partial charge >= 0.3 is 17.9 Å². The summed E-state index contributed by atoms with van der Waals surface area (Å²) < 4.78 is 0. The summed E-state index contributed by atoms with van der Waals surface area (Å²) in [7, 11) is 0. The molecular formula is C20H34N4O9S. The van der Waals surface area contributed by atoms with Gasteiger partial charge < -0.3 is 37.0 Å². The maximum atomic E-state index is 13.1. The predicted octanol–water partition coefficient (Wildman–Crippen LogP) is -0.781. The van der Waals surface area contributed by atoms with Gasteiger partial charge in [0.15, 0.2) is 0 Å². The lowest BCUT2D eigenvalue weighted by atomic mass is 10.0. The molecule has 13 nitrogen and oxygen atoms in total. The van der Waals surface area contributed by atoms with E-state index in [0.29, 0.717) is 12.8 Å². The number of rotatable bonds is 19. The van der Waals surface area contributed by atoms with Crippen LogP contribution < -0.4 is 16.8 Å². The fourth-order valence-electron chi connectivity index (χ4n) is 3.00. The Morgan fingerprint density at radius 1 is 0.912 bits per heavy atom. The van der Waals surface area contributed by atoms with Crippen molar-refractivity contribution in [3.63, 3.8) is 0 Å². The van der Waals surface area contributed by atoms with Crippen molar-refractivity contribution in [1.82, 2.24) is 10.2 Å². The van der Waals surface area contributed by atoms with Crippen LogP contribution in [0.3, 0.4) is 0 Å². The Morgan fingerprint density at radius 2 is 1.56 bits per heavy atom. The molecule has 0 saturated heterocycles. The summed E-state index contributed by atoms with van der Waals surface area (Å²) in [4.78, 5) is 71.9. The molecule has 0 aliphatic heterocycles. The lowest BCUT2D eigenvalue weighted by Crippen LogP contribution is -2.58. The summed E-state index contributed by atoms with van der Waals surface area (Å²) in [5.41, 5.74) is 10.6. The molecule has 0 unspecified atom stereocenters. The van der Waals surface area contributed by atoms with Crippen LogP contribution in [0.1, 0.15) is 51.9 Å². The molecule has 14 heteroatoms. The van der Waals surface area contributed by atoms with Crippen LogP contribution in [0.15, 0.2) is 0 Å². The molecule has 0 bridgehead atoms. The van der Waals surface area contributed by atoms with E-state index in [9.17, 15) is 33.9 Å². The van der Waals surface area contributed by atoms with Gasteiger partial charge in [-0.1, -0.05) is 26.2 Å². The van der Waals surface area contributed by atoms with Gasteiger partial charge in [-0.15, -0.1) is 0 Å². The zero-order chi connectivity index (χ0) is 26.3. The largest absolute Gasteiger partial charge is 0.480 e. The van der Waals surface area contributed by atoms with Crippen LogP contribution in [-0.4, -0.2) is 92.0 Å². The number of unbranched alkanes of at least 4 members (excludes halogenated alkanes) is 3. The highest BCUT2D eigenvalue weighted by atomic mass is 32.2. The lowest BCUT2D eigenvalue weighted by molar-refractivity contribution is -0.155. The van der Waals surface area contributed by atoms with Crippen molar-refractivity contribution in [2.24, 2.45) is 11.5 Å². The minimum atomic E-state index is -1.58. The zero-order valence-corrected chi connectivity index (χ0v) is 19.9. The molecule has 0 saturated carbocycles. The molecule has 0 heterocycles. The summed E-state index contributed by atoms with van der Waals surface area (Å²) >= 11 is 0.899. The van der Waals surface area contributed by atoms with Gasteiger partial charge in [0.25, 0.3) is 0 Å². The summed E-state index contributed by atoms with van der Waals surface area (Å²) in [5.74, 6) is -6.87. The molecule has 0 aromatic rings. The van der Waals surface area contributed by atoms with Crippen molar-refractivity contribution in [2.45, 2.75) is 70.0 Å². The SMILES string of the molecule is CCCCCCC(=O)N([C@H](CCC(N)=O)C(=O)O)[C@H](CSC[C@H](N)C(=O)O)C(=O)NCC(=O)O. The average Bonchev–Trinajstić information content (AvgIpc) is 2.75. The average molecular weight is 507 g/mol. The van der Waals surface area contributed by atoms with E-state index in [2.05, 4.69) is 5.32 Å². The number of nitrogens with zero attached hydrogens (tertiary/aromatic N) is 1. The van der Waals surface area contributed by atoms with Gasteiger partial charge in [0, 0.05) is 24.3 Å². The minimum Gasteiger partial charge on any atom is -0.480 e. The number of thioether (sulfide) groups is 1. The number of carboxylic acid groups (broad SMARTS) is 3. The second-order valence-corrected chi connectivity index (χ2v) is 8.66. The lowest BCUT2D eigenvalue weighted by Gasteiger charge is -2.35. The second-order valence-electron chi connectivity index (χ2n) is 7.58. The van der Waals surface area contributed by atoms with Gasteiger partial charge in [-0.05, 0) is 12.8 Å². The molecule has 0 spiro atoms. The summed E-state index contributed by atoms with van der Waals surface area (Å²) in [6, 6.07) is -4.30. The highest BCUT2D eigenvalue weighted by Crippen LogP contribution is 2.20. The zero-order valence-electron chi connectivity index (χ0n) is 19.1. The van der Waals surface area contributed by atoms with Crippen molar-refractivity contribution >= 4 is 47.4 Å². The van der Waals surface area contributed by atoms with Crippen LogP contribution in [0.4, 0.5) is 0 Å². The van der Waals surface area contributed by atoms with E-state index in [1.54, 1.807) is 0 Å². The van der Waals surface area contributed by atoms with Gasteiger partial charge in [0.1, 0.15) is 24.7 Å². The second kappa shape index (κ2) is 16.7. The minimum absolute atomic E-state index is 0.0671. The first-order valence-corrected chi connectivity index (χ1v) is 12.0. The van der Waals surface area contributed by atoms with Crippen LogP contribution in [-0.2, 0) is 28.8 Å². The highest BCUT2D eigenvalue weighted by molar-refractivity contribution is 7.99. The summed E-state index contributed by atoms with van der Waals surface area (Å²) in [6.45, 7) is 1.20. The number of carboxylic acids is 3. The molecule has 0 fully saturated rings. The van der Waals surface area contributed by atoms with Crippen LogP contribution in [0.25, 0.3) is 0 Å². The number of primary amides is 1. The van der Waals surface area contributed by atoms with E-state index in [4.69, 9.17) is 21.7 Å². The predicted molar refractivity (Wildman–Crippen MR) is 123 cm³/mol. The topological polar surface area (TPSA) is 230 Å². The maximum absolute atomic E-state index is 13.1. The van der Waals surface area contributed by atoms with Gasteiger partial charge in [0.2, 0.25) is 17.7 Å². The quantitative estimate of drug-likeness (QED) is 0.119. The number of carbonyl (C=O) groups is 6. The Kier molecular flexibility index (Phi) is 15.3. The Bertz CT molecular complexity index is 735. The van der Waals surface area contributed by atoms with Gasteiger partial charge in [-0.2, -0.15) is 11.8 Å². The first-order chi connectivity index (χ1) is 15.9. The van der Waals surface area contributed by atoms with E-state index >= 15 is 0 Å². The van der Waals surface area contributed by atoms with E-state index < -0.39 is 60.3 Å². The van der Waals surface area contributed by atoms with E-state index in [0.717, 1.165) is 29.5 Å². The van der Waals surface area contributed by atoms with Gasteiger partial charge in [-0.25, -0.2) is 4.79 Å². The molecule has 0 aliphatic rings. The van der Waals surface area contributed by atoms with Crippen LogP contribution >= 0.6 is 11.8 Å². The number of aliphatic carboxylic acids is 3. The third kappa shape index (κ3) is 12.4. The fraction of sp³-hybridized carbons (Fsp3) is 0.700. The Hall–Kier alpha value is -2.87. The number of hydrogen-bond donors (Lipinski definition) is 6. The molecule has 3 amide bonds. The van der Waals surface area contributed by atoms with Crippen LogP contribution in [0.2, 0.25) is 0 Å². The molecule has 0 aromatic carbocycles. The molecule has 0 aromatic heterocycles. The third-order valence-corrected chi connectivity index (χ3v) is 5.91. The molecule has 0 radical (unpaired) electrons. The maximum Gasteiger partial charge on any atom is 0.326 e. The number of amides is 3. The van der Waals surface area contributed by atoms with Crippen LogP contribution in [0.5, 0.6) is 0 Å². The summed E-state index contributed by atoms with van der Waals surface area (Å²) in [6.07, 6.45) is 2.10. The Balaban J connectivity index is 6.00. The number of carbonyl (C=O) groups excluding carboxylic acids is 3. The first-order valence-electron chi connectivity index (χ1n) is 10.8. The fourth-order valence-corrected chi connectivity index (χ4v) is 4.07. The molecule has 194 valence electrons. The van der Waals surface area contributed by atoms with E-state index in [-0.39, 0.29) is 30.8 Å². The van der Waals surface area contributed by atoms with E-state index in [1.807, 2.05) is 6.92 Å². The standard InChI is InChI=1S/C20H34N4O9S/c1-2-3-4-5-6-16(26)24(13(20(32)33)7-8-15(22)25)14(18(29)23-9-17(27)28)11-34-10-12(21)19(30)31/h12-14H,2-11,21H2,1H3,(H2,22,25)(H,23,29)(H,27,28)(H,30,31)(H,32,33)/t12-,13+,14+/m0/s1. The molecule has 34 heavy (non-hydrogen) atoms. The smallest absolute Gasteiger partial charge is 0.326 e. The van der Waals surface area contributed by atoms with Crippen LogP contribution in [0, 0.1) is 0 Å². The van der Waals surface area contributed by atoms with Gasteiger partial charge in [0.05, 0.1) is 0 Å². The normalized spacial score (nSPS) is 13.4. The number of hydrogen-bond acceptors (Lipinski definition) is 8. The van der Waals surface area contributed by atoms with Gasteiger partial charge in [-0.3, -0.25) is 24.0 Å². The first kappa shape index (κ1) is 31.1. The summed E-state index contributed by atoms with van der Waals surface area (Å²) in [5, 5.41) is 29.7. The third-order valence-electron chi connectivity index (χ3n) is 4.76. The monoisotopic (exact) mass is 506 g/mol. The molecule has 0 rings (SSSR count). The Labute approximate surface area is 201 Å². The number of nitrogens with two attached hydrogens (primary N) is 2. The molecule has 3 atom stereocenters. The van der Waals surface area contributed by atoms with Crippen molar-refractivity contribution in [2.75, 3.05) is 18.1 Å². The van der Waals surface area contributed by atoms with Crippen molar-refractivity contribution in [3.8, 4) is 0 Å². The number of nitrogens with one attached hydrogen (secondary N) is 1. The molecular weight excluding hydrogens is 472 g/mol. The Morgan fingerprint density at radius 3 is 2.06 bits per heavy atom. The highest BCUT2D eigenvalue weighted by Gasteiger charge is 2.38.